The molecule has 0 aromatic heterocycles. The van der Waals surface area contributed by atoms with E-state index < -0.39 is 16.8 Å². The maximum Gasteiger partial charge on any atom is 0.139 e. The Balaban J connectivity index is 0.000000128. The molecule has 414 valence electrons. The van der Waals surface area contributed by atoms with E-state index in [4.69, 9.17) is 14.2 Å². The van der Waals surface area contributed by atoms with Gasteiger partial charge in [-0.1, -0.05) is 39.0 Å². The number of allylic oxidation sites excluding steroid dienone is 12. The van der Waals surface area contributed by atoms with Crippen LogP contribution in [0.1, 0.15) is 197 Å². The Morgan fingerprint density at radius 3 is 1.44 bits per heavy atom. The summed E-state index contributed by atoms with van der Waals surface area (Å²) < 4.78 is 17.2. The third-order valence-electron chi connectivity index (χ3n) is 23.6. The molecule has 12 aliphatic rings. The Kier molecular flexibility index (Phi) is 15.2. The first-order valence-corrected chi connectivity index (χ1v) is 30.7. The maximum absolute atomic E-state index is 13.1. The number of carbonyl (C=O) groups is 3. The van der Waals surface area contributed by atoms with Gasteiger partial charge in [0.05, 0.1) is 53.9 Å². The van der Waals surface area contributed by atoms with Gasteiger partial charge in [-0.05, 0) is 238 Å². The van der Waals surface area contributed by atoms with Gasteiger partial charge < -0.3 is 29.5 Å². The lowest BCUT2D eigenvalue weighted by molar-refractivity contribution is -0.196. The third-order valence-corrected chi connectivity index (χ3v) is 23.6. The molecule has 0 spiro atoms. The van der Waals surface area contributed by atoms with E-state index >= 15 is 0 Å². The topological polar surface area (TPSA) is 140 Å². The van der Waals surface area contributed by atoms with Crippen molar-refractivity contribution in [3.8, 4) is 0 Å². The molecule has 6 saturated carbocycles. The molecule has 9 nitrogen and oxygen atoms in total. The van der Waals surface area contributed by atoms with E-state index in [9.17, 15) is 29.7 Å². The molecule has 6 fully saturated rings. The number of aliphatic hydroxyl groups is 3. The Morgan fingerprint density at radius 2 is 0.947 bits per heavy atom. The molecule has 75 heavy (non-hydrogen) atoms. The quantitative estimate of drug-likeness (QED) is 0.206. The van der Waals surface area contributed by atoms with Gasteiger partial charge in [-0.15, -0.1) is 0 Å². The summed E-state index contributed by atoms with van der Waals surface area (Å²) in [6.45, 7) is 20.8. The first kappa shape index (κ1) is 55.1. The highest BCUT2D eigenvalue weighted by molar-refractivity contribution is 5.95. The van der Waals surface area contributed by atoms with Crippen molar-refractivity contribution in [3.63, 3.8) is 0 Å². The van der Waals surface area contributed by atoms with E-state index in [1.54, 1.807) is 0 Å². The largest absolute Gasteiger partial charge is 0.498 e. The molecule has 12 aliphatic carbocycles. The molecule has 0 heterocycles. The fourth-order valence-electron chi connectivity index (χ4n) is 20.8. The van der Waals surface area contributed by atoms with Crippen molar-refractivity contribution in [1.82, 2.24) is 0 Å². The average Bonchev–Trinajstić information content (AvgIpc) is 4.03. The summed E-state index contributed by atoms with van der Waals surface area (Å²) in [6.07, 6.45) is 32.8. The van der Waals surface area contributed by atoms with Crippen LogP contribution in [0.3, 0.4) is 0 Å². The Bertz CT molecular complexity index is 2410. The summed E-state index contributed by atoms with van der Waals surface area (Å²) in [5, 5.41) is 34.4. The van der Waals surface area contributed by atoms with Gasteiger partial charge in [0.15, 0.2) is 0 Å². The first-order valence-electron chi connectivity index (χ1n) is 30.7. The summed E-state index contributed by atoms with van der Waals surface area (Å²) in [5.74, 6) is 9.08. The Labute approximate surface area is 450 Å². The summed E-state index contributed by atoms with van der Waals surface area (Å²) in [6, 6.07) is 0. The number of carbonyl (C=O) groups excluding carboxylic acids is 3. The molecule has 0 radical (unpaired) electrons. The lowest BCUT2D eigenvalue weighted by Gasteiger charge is -2.61. The standard InChI is InChI=1S/C23H36O3.C22H32O3.C21H28O3/c1-5-23-14-21(3,24)20-17-10-8-16(26-6-2)13-15(17)7-9-18(20)19(23)11-12-22(23,4)25;1-4-22-13-21(3,24)20-16-9-7-15(25-5-2)12-14(16)6-8-17(20)18(22)10-11-19(22)23;1-3-21-12-18(22)20-15-8-6-14(24-4-2)11-13(15)5-7-16(20)17(21)9-10-19(21)23/h7,13,17-20,24-25H,5-6,8-12,14H2,1-4H3;6,12,16-18,20,24H,4-5,7-11,13H2,1-3H3;5,11,15-17,20H,3-4,6-10,12H2,1-2H3/t17?,18?,19?,20?,21?,22?,23-;16?,17?,18?,20?,21?,22-;15?,16?,17?,20?,21-/m000/s1. The molecule has 0 aliphatic heterocycles. The summed E-state index contributed by atoms with van der Waals surface area (Å²) in [4.78, 5) is 38.5. The number of hydrogen-bond donors (Lipinski definition) is 3. The van der Waals surface area contributed by atoms with Crippen molar-refractivity contribution in [3.05, 3.63) is 70.5 Å². The van der Waals surface area contributed by atoms with Crippen molar-refractivity contribution in [2.75, 3.05) is 19.8 Å². The molecule has 0 aromatic rings. The SMILES string of the molecule is CCOC1=CC2=CCC3C(C(=O)C[C@]4(CC)C(=O)CCC34)C2CC1.CCOC1=CC2=CCC3C(C2CC1)C(C)(O)C[C@@]1(CC)C3CCC1(C)O.CCOC1=CC2=CCC3C(C2CC1)C(C)(O)C[C@]1(CC)C(=O)CCC31. The van der Waals surface area contributed by atoms with Crippen LogP contribution in [0.5, 0.6) is 0 Å². The lowest BCUT2D eigenvalue weighted by atomic mass is 9.46. The predicted molar refractivity (Wildman–Crippen MR) is 293 cm³/mol. The van der Waals surface area contributed by atoms with Crippen molar-refractivity contribution in [2.24, 2.45) is 87.3 Å². The van der Waals surface area contributed by atoms with Crippen LogP contribution in [0.4, 0.5) is 0 Å². The van der Waals surface area contributed by atoms with E-state index in [0.717, 1.165) is 140 Å². The predicted octanol–water partition coefficient (Wildman–Crippen LogP) is 13.2. The zero-order chi connectivity index (χ0) is 53.5. The third kappa shape index (κ3) is 8.99. The van der Waals surface area contributed by atoms with E-state index in [1.165, 1.54) is 16.7 Å². The van der Waals surface area contributed by atoms with Crippen molar-refractivity contribution >= 4 is 17.3 Å². The molecule has 9 heteroatoms. The van der Waals surface area contributed by atoms with Gasteiger partial charge >= 0.3 is 0 Å². The fraction of sp³-hybridized carbons (Fsp3) is 0.773. The zero-order valence-corrected chi connectivity index (χ0v) is 47.7. The maximum atomic E-state index is 13.1. The van der Waals surface area contributed by atoms with Gasteiger partial charge in [0.1, 0.15) is 17.3 Å². The number of ketones is 3. The Hall–Kier alpha value is -3.27. The molecule has 0 aromatic carbocycles. The Morgan fingerprint density at radius 1 is 0.507 bits per heavy atom. The van der Waals surface area contributed by atoms with Gasteiger partial charge in [0, 0.05) is 60.7 Å². The molecule has 0 saturated heterocycles. The lowest BCUT2D eigenvalue weighted by Crippen LogP contribution is -2.61. The van der Waals surface area contributed by atoms with E-state index in [-0.39, 0.29) is 28.1 Å². The second-order valence-corrected chi connectivity index (χ2v) is 26.8. The van der Waals surface area contributed by atoms with Gasteiger partial charge in [-0.2, -0.15) is 0 Å². The van der Waals surface area contributed by atoms with E-state index in [2.05, 4.69) is 64.2 Å². The van der Waals surface area contributed by atoms with Gasteiger partial charge in [-0.25, -0.2) is 0 Å². The molecule has 18 atom stereocenters. The van der Waals surface area contributed by atoms with E-state index in [0.29, 0.717) is 109 Å². The summed E-state index contributed by atoms with van der Waals surface area (Å²) in [5.41, 5.74) is 1.21. The minimum atomic E-state index is -0.752. The minimum Gasteiger partial charge on any atom is -0.498 e. The molecular weight excluding hydrogens is 937 g/mol. The van der Waals surface area contributed by atoms with Gasteiger partial charge in [-0.3, -0.25) is 14.4 Å². The molecule has 3 N–H and O–H groups in total. The molecule has 15 unspecified atom stereocenters. The van der Waals surface area contributed by atoms with Crippen LogP contribution >= 0.6 is 0 Å². The zero-order valence-electron chi connectivity index (χ0n) is 47.7. The van der Waals surface area contributed by atoms with Crippen LogP contribution in [-0.2, 0) is 28.6 Å². The van der Waals surface area contributed by atoms with Crippen LogP contribution in [-0.4, -0.2) is 69.3 Å². The summed E-state index contributed by atoms with van der Waals surface area (Å²) >= 11 is 0. The second-order valence-electron chi connectivity index (χ2n) is 26.8. The van der Waals surface area contributed by atoms with Crippen LogP contribution in [0.25, 0.3) is 0 Å². The minimum absolute atomic E-state index is 0.135. The highest BCUT2D eigenvalue weighted by Crippen LogP contribution is 2.69. The normalized spacial score (nSPS) is 45.8. The van der Waals surface area contributed by atoms with E-state index in [1.807, 2.05) is 34.6 Å². The monoisotopic (exact) mass is 1030 g/mol. The molecule has 0 amide bonds. The average molecular weight is 1030 g/mol. The van der Waals surface area contributed by atoms with Crippen LogP contribution in [0.15, 0.2) is 70.5 Å². The molecule has 0 bridgehead atoms. The van der Waals surface area contributed by atoms with Crippen LogP contribution < -0.4 is 0 Å². The van der Waals surface area contributed by atoms with Gasteiger partial charge in [0.2, 0.25) is 0 Å². The fourth-order valence-corrected chi connectivity index (χ4v) is 20.8. The van der Waals surface area contributed by atoms with Crippen LogP contribution in [0, 0.1) is 87.3 Å². The highest BCUT2D eigenvalue weighted by Gasteiger charge is 2.68. The van der Waals surface area contributed by atoms with Crippen molar-refractivity contribution in [2.45, 2.75) is 214 Å². The molecular formula is C66H96O9. The summed E-state index contributed by atoms with van der Waals surface area (Å²) in [7, 11) is 0. The van der Waals surface area contributed by atoms with Crippen molar-refractivity contribution < 1.29 is 43.9 Å². The number of hydrogen-bond acceptors (Lipinski definition) is 9. The molecule has 12 rings (SSSR count). The van der Waals surface area contributed by atoms with Crippen LogP contribution in [0.2, 0.25) is 0 Å². The number of fused-ring (bicyclic) bond motifs is 15. The smallest absolute Gasteiger partial charge is 0.139 e. The first-order chi connectivity index (χ1) is 35.8. The number of Topliss-reactive ketones (excluding diaryl/α,β-unsaturated/α-hetero) is 3. The van der Waals surface area contributed by atoms with Gasteiger partial charge in [0.25, 0.3) is 0 Å². The second kappa shape index (κ2) is 20.8. The van der Waals surface area contributed by atoms with Crippen molar-refractivity contribution in [1.29, 1.82) is 0 Å². The highest BCUT2D eigenvalue weighted by atomic mass is 16.5. The number of rotatable bonds is 9. The number of ether oxygens (including phenoxy) is 3.